The zero-order valence-corrected chi connectivity index (χ0v) is 16.2. The number of rotatable bonds is 5. The minimum absolute atomic E-state index is 0.392. The Morgan fingerprint density at radius 3 is 2.65 bits per heavy atom. The molecule has 3 aromatic rings. The summed E-state index contributed by atoms with van der Waals surface area (Å²) in [5.74, 6) is 0. The first-order valence-electron chi connectivity index (χ1n) is 9.08. The quantitative estimate of drug-likeness (QED) is 0.682. The number of hydrogen-bond acceptors (Lipinski definition) is 4. The van der Waals surface area contributed by atoms with E-state index >= 15 is 0 Å². The highest BCUT2D eigenvalue weighted by Gasteiger charge is 2.19. The van der Waals surface area contributed by atoms with Gasteiger partial charge in [0.2, 0.25) is 0 Å². The largest absolute Gasteiger partial charge is 0.388 e. The number of piperazine rings is 1. The van der Waals surface area contributed by atoms with Crippen LogP contribution in [0.3, 0.4) is 0 Å². The number of nitrogens with zero attached hydrogens (tertiary/aromatic N) is 2. The van der Waals surface area contributed by atoms with Crippen LogP contribution in [0.15, 0.2) is 53.9 Å². The molecule has 0 amide bonds. The Hall–Kier alpha value is -1.59. The first-order valence-corrected chi connectivity index (χ1v) is 10.3. The molecular formula is C21H23ClN2OS. The van der Waals surface area contributed by atoms with Crippen LogP contribution in [-0.4, -0.2) is 42.7 Å². The number of halogens is 1. The van der Waals surface area contributed by atoms with Crippen molar-refractivity contribution in [3.05, 3.63) is 64.5 Å². The summed E-state index contributed by atoms with van der Waals surface area (Å²) >= 11 is 7.82. The van der Waals surface area contributed by atoms with Crippen molar-refractivity contribution in [2.45, 2.75) is 12.5 Å². The van der Waals surface area contributed by atoms with Gasteiger partial charge < -0.3 is 10.0 Å². The molecule has 0 saturated carbocycles. The maximum absolute atomic E-state index is 10.7. The number of aliphatic hydroxyl groups is 1. The third-order valence-corrected chi connectivity index (χ3v) is 6.35. The number of benzene rings is 2. The lowest BCUT2D eigenvalue weighted by Crippen LogP contribution is -2.46. The fraction of sp³-hybridized carbons (Fsp3) is 0.333. The van der Waals surface area contributed by atoms with Gasteiger partial charge in [0, 0.05) is 48.1 Å². The van der Waals surface area contributed by atoms with Gasteiger partial charge >= 0.3 is 0 Å². The molecule has 1 aliphatic rings. The third kappa shape index (κ3) is 3.89. The molecule has 0 radical (unpaired) electrons. The van der Waals surface area contributed by atoms with Gasteiger partial charge in [0.05, 0.1) is 6.10 Å². The summed E-state index contributed by atoms with van der Waals surface area (Å²) in [6.07, 6.45) is 0.384. The van der Waals surface area contributed by atoms with Gasteiger partial charge in [-0.2, -0.15) is 0 Å². The highest BCUT2D eigenvalue weighted by atomic mass is 35.5. The number of aliphatic hydroxyl groups excluding tert-OH is 1. The third-order valence-electron chi connectivity index (χ3n) is 5.13. The van der Waals surface area contributed by atoms with Crippen LogP contribution < -0.4 is 4.90 Å². The van der Waals surface area contributed by atoms with E-state index in [0.29, 0.717) is 0 Å². The molecule has 136 valence electrons. The number of fused-ring (bicyclic) bond motifs is 1. The van der Waals surface area contributed by atoms with E-state index in [0.717, 1.165) is 49.7 Å². The standard InChI is InChI=1S/C21H23ClN2OS/c22-16-4-3-5-17(14-16)24-12-10-23(11-13-24)9-8-20(25)19-15-26-21-7-2-1-6-18(19)21/h1-7,14-15,20,25H,8-13H2. The second kappa shape index (κ2) is 7.97. The van der Waals surface area contributed by atoms with Gasteiger partial charge in [0.1, 0.15) is 0 Å². The van der Waals surface area contributed by atoms with Crippen LogP contribution in [0.25, 0.3) is 10.1 Å². The molecule has 3 nitrogen and oxygen atoms in total. The van der Waals surface area contributed by atoms with Crippen LogP contribution >= 0.6 is 22.9 Å². The van der Waals surface area contributed by atoms with Crippen LogP contribution in [-0.2, 0) is 0 Å². The van der Waals surface area contributed by atoms with E-state index in [-0.39, 0.29) is 0 Å². The van der Waals surface area contributed by atoms with Crippen LogP contribution in [0.5, 0.6) is 0 Å². The Labute approximate surface area is 163 Å². The van der Waals surface area contributed by atoms with E-state index in [9.17, 15) is 5.11 Å². The second-order valence-electron chi connectivity index (χ2n) is 6.80. The van der Waals surface area contributed by atoms with Crippen molar-refractivity contribution in [2.75, 3.05) is 37.6 Å². The van der Waals surface area contributed by atoms with Crippen molar-refractivity contribution < 1.29 is 5.11 Å². The molecule has 0 bridgehead atoms. The summed E-state index contributed by atoms with van der Waals surface area (Å²) in [5, 5.41) is 14.7. The molecule has 1 aromatic heterocycles. The lowest BCUT2D eigenvalue weighted by Gasteiger charge is -2.36. The number of anilines is 1. The predicted octanol–water partition coefficient (Wildman–Crippen LogP) is 4.80. The van der Waals surface area contributed by atoms with E-state index in [1.165, 1.54) is 15.8 Å². The number of thiophene rings is 1. The molecule has 4 rings (SSSR count). The van der Waals surface area contributed by atoms with Crippen LogP contribution in [0.2, 0.25) is 5.02 Å². The summed E-state index contributed by atoms with van der Waals surface area (Å²) in [6.45, 7) is 4.96. The van der Waals surface area contributed by atoms with Gasteiger partial charge in [-0.05, 0) is 47.0 Å². The highest BCUT2D eigenvalue weighted by Crippen LogP contribution is 2.31. The summed E-state index contributed by atoms with van der Waals surface area (Å²) in [6, 6.07) is 16.4. The van der Waals surface area contributed by atoms with E-state index in [2.05, 4.69) is 33.4 Å². The molecular weight excluding hydrogens is 364 g/mol. The Balaban J connectivity index is 1.31. The summed E-state index contributed by atoms with van der Waals surface area (Å²) in [7, 11) is 0. The summed E-state index contributed by atoms with van der Waals surface area (Å²) in [5.41, 5.74) is 2.27. The van der Waals surface area contributed by atoms with Crippen LogP contribution in [0, 0.1) is 0 Å². The average molecular weight is 387 g/mol. The van der Waals surface area contributed by atoms with Gasteiger partial charge in [-0.3, -0.25) is 4.90 Å². The van der Waals surface area contributed by atoms with Gasteiger partial charge in [0.15, 0.2) is 0 Å². The van der Waals surface area contributed by atoms with Gasteiger partial charge in [-0.15, -0.1) is 11.3 Å². The maximum atomic E-state index is 10.7. The molecule has 0 spiro atoms. The summed E-state index contributed by atoms with van der Waals surface area (Å²) in [4.78, 5) is 4.82. The Bertz CT molecular complexity index is 873. The van der Waals surface area contributed by atoms with Gasteiger partial charge in [-0.25, -0.2) is 0 Å². The Morgan fingerprint density at radius 1 is 1.04 bits per heavy atom. The van der Waals surface area contributed by atoms with Crippen molar-refractivity contribution in [2.24, 2.45) is 0 Å². The zero-order valence-electron chi connectivity index (χ0n) is 14.6. The molecule has 5 heteroatoms. The molecule has 1 unspecified atom stereocenters. The van der Waals surface area contributed by atoms with E-state index in [1.807, 2.05) is 30.3 Å². The molecule has 1 N–H and O–H groups in total. The molecule has 2 heterocycles. The van der Waals surface area contributed by atoms with Crippen molar-refractivity contribution in [3.8, 4) is 0 Å². The van der Waals surface area contributed by atoms with E-state index in [4.69, 9.17) is 11.6 Å². The van der Waals surface area contributed by atoms with Crippen molar-refractivity contribution >= 4 is 38.7 Å². The Morgan fingerprint density at radius 2 is 1.85 bits per heavy atom. The fourth-order valence-electron chi connectivity index (χ4n) is 3.62. The normalized spacial score (nSPS) is 16.9. The highest BCUT2D eigenvalue weighted by molar-refractivity contribution is 7.17. The zero-order chi connectivity index (χ0) is 17.9. The Kier molecular flexibility index (Phi) is 5.46. The lowest BCUT2D eigenvalue weighted by atomic mass is 10.1. The monoisotopic (exact) mass is 386 g/mol. The van der Waals surface area contributed by atoms with E-state index < -0.39 is 6.10 Å². The molecule has 0 aliphatic carbocycles. The average Bonchev–Trinajstić information content (AvgIpc) is 3.11. The van der Waals surface area contributed by atoms with Crippen molar-refractivity contribution in [3.63, 3.8) is 0 Å². The van der Waals surface area contributed by atoms with Crippen molar-refractivity contribution in [1.82, 2.24) is 4.90 Å². The first-order chi connectivity index (χ1) is 12.7. The topological polar surface area (TPSA) is 26.7 Å². The molecule has 1 fully saturated rings. The minimum Gasteiger partial charge on any atom is -0.388 e. The molecule has 26 heavy (non-hydrogen) atoms. The van der Waals surface area contributed by atoms with Crippen LogP contribution in [0.4, 0.5) is 5.69 Å². The van der Waals surface area contributed by atoms with Crippen molar-refractivity contribution in [1.29, 1.82) is 0 Å². The fourth-order valence-corrected chi connectivity index (χ4v) is 4.81. The molecule has 2 aromatic carbocycles. The molecule has 1 saturated heterocycles. The van der Waals surface area contributed by atoms with Gasteiger partial charge in [0.25, 0.3) is 0 Å². The number of hydrogen-bond donors (Lipinski definition) is 1. The lowest BCUT2D eigenvalue weighted by molar-refractivity contribution is 0.141. The molecule has 1 atom stereocenters. The van der Waals surface area contributed by atoms with E-state index in [1.54, 1.807) is 11.3 Å². The molecule has 1 aliphatic heterocycles. The smallest absolute Gasteiger partial charge is 0.0816 e. The maximum Gasteiger partial charge on any atom is 0.0816 e. The van der Waals surface area contributed by atoms with Crippen LogP contribution in [0.1, 0.15) is 18.1 Å². The predicted molar refractivity (Wildman–Crippen MR) is 112 cm³/mol. The second-order valence-corrected chi connectivity index (χ2v) is 8.15. The first kappa shape index (κ1) is 17.8. The van der Waals surface area contributed by atoms with Gasteiger partial charge in [-0.1, -0.05) is 35.9 Å². The summed E-state index contributed by atoms with van der Waals surface area (Å²) < 4.78 is 1.25. The minimum atomic E-state index is -0.392. The SMILES string of the molecule is OC(CCN1CCN(c2cccc(Cl)c2)CC1)c1csc2ccccc12.